The molecule has 0 spiro atoms. The minimum absolute atomic E-state index is 0.0431. The molecule has 0 unspecified atom stereocenters. The van der Waals surface area contributed by atoms with Crippen LogP contribution >= 0.6 is 0 Å². The van der Waals surface area contributed by atoms with E-state index in [1.807, 2.05) is 29.5 Å². The van der Waals surface area contributed by atoms with Crippen molar-refractivity contribution in [1.82, 2.24) is 14.2 Å². The Morgan fingerprint density at radius 1 is 1.08 bits per heavy atom. The van der Waals surface area contributed by atoms with Crippen LogP contribution in [0.4, 0.5) is 0 Å². The van der Waals surface area contributed by atoms with Crippen molar-refractivity contribution in [2.75, 3.05) is 33.5 Å². The van der Waals surface area contributed by atoms with E-state index in [9.17, 15) is 13.2 Å². The van der Waals surface area contributed by atoms with Gasteiger partial charge >= 0.3 is 0 Å². The summed E-state index contributed by atoms with van der Waals surface area (Å²) in [4.78, 5) is 15.2. The first kappa shape index (κ1) is 27.8. The molecule has 1 N–H and O–H groups in total. The van der Waals surface area contributed by atoms with Gasteiger partial charge in [-0.25, -0.2) is 13.1 Å². The zero-order valence-corrected chi connectivity index (χ0v) is 23.9. The van der Waals surface area contributed by atoms with Crippen LogP contribution < -0.4 is 4.72 Å². The molecule has 2 aliphatic rings. The lowest BCUT2D eigenvalue weighted by Gasteiger charge is -2.37. The first-order chi connectivity index (χ1) is 18.8. The van der Waals surface area contributed by atoms with Crippen molar-refractivity contribution in [2.45, 2.75) is 56.0 Å². The topological polar surface area (TPSA) is 89.9 Å². The lowest BCUT2D eigenvalue weighted by atomic mass is 9.85. The zero-order valence-electron chi connectivity index (χ0n) is 23.1. The highest BCUT2D eigenvalue weighted by Crippen LogP contribution is 2.31. The molecular weight excluding hydrogens is 514 g/mol. The van der Waals surface area contributed by atoms with Gasteiger partial charge in [0.1, 0.15) is 0 Å². The summed E-state index contributed by atoms with van der Waals surface area (Å²) in [7, 11) is -0.0228. The summed E-state index contributed by atoms with van der Waals surface area (Å²) in [6, 6.07) is 15.7. The van der Waals surface area contributed by atoms with Crippen molar-refractivity contribution in [3.8, 4) is 11.3 Å². The number of amides is 1. The maximum absolute atomic E-state index is 13.3. The number of ether oxygens (including phenoxy) is 2. The third-order valence-corrected chi connectivity index (χ3v) is 9.74. The third kappa shape index (κ3) is 6.06. The van der Waals surface area contributed by atoms with Crippen molar-refractivity contribution in [3.05, 3.63) is 54.1 Å². The van der Waals surface area contributed by atoms with Crippen molar-refractivity contribution in [3.63, 3.8) is 0 Å². The number of carbonyl (C=O) groups excluding carboxylic acids is 1. The van der Waals surface area contributed by atoms with Gasteiger partial charge < -0.3 is 18.9 Å². The minimum atomic E-state index is -3.69. The number of hydrogen-bond acceptors (Lipinski definition) is 5. The fraction of sp³-hybridized carbons (Fsp3) is 0.500. The maximum atomic E-state index is 13.3. The van der Waals surface area contributed by atoms with E-state index in [0.29, 0.717) is 52.0 Å². The number of methoxy groups -OCH3 is 1. The molecule has 8 nitrogen and oxygen atoms in total. The fourth-order valence-electron chi connectivity index (χ4n) is 5.85. The van der Waals surface area contributed by atoms with Crippen LogP contribution in [0, 0.1) is 5.92 Å². The summed E-state index contributed by atoms with van der Waals surface area (Å²) in [5, 5.41) is 0.992. The predicted molar refractivity (Wildman–Crippen MR) is 152 cm³/mol. The number of benzene rings is 2. The molecule has 3 aromatic rings. The van der Waals surface area contributed by atoms with Gasteiger partial charge in [-0.05, 0) is 68.4 Å². The molecule has 210 valence electrons. The van der Waals surface area contributed by atoms with Crippen LogP contribution in [0.3, 0.4) is 0 Å². The molecule has 1 aromatic heterocycles. The molecule has 2 aromatic carbocycles. The highest BCUT2D eigenvalue weighted by molar-refractivity contribution is 7.89. The van der Waals surface area contributed by atoms with Gasteiger partial charge in [-0.2, -0.15) is 0 Å². The Labute approximate surface area is 231 Å². The second-order valence-corrected chi connectivity index (χ2v) is 12.6. The van der Waals surface area contributed by atoms with Crippen molar-refractivity contribution in [2.24, 2.45) is 13.0 Å². The van der Waals surface area contributed by atoms with E-state index >= 15 is 0 Å². The zero-order chi connectivity index (χ0) is 27.6. The molecule has 1 saturated heterocycles. The van der Waals surface area contributed by atoms with E-state index in [2.05, 4.69) is 35.1 Å². The van der Waals surface area contributed by atoms with Crippen molar-refractivity contribution in [1.29, 1.82) is 0 Å². The van der Waals surface area contributed by atoms with Gasteiger partial charge in [-0.3, -0.25) is 4.79 Å². The molecule has 5 rings (SSSR count). The smallest absolute Gasteiger partial charge is 0.240 e. The van der Waals surface area contributed by atoms with Gasteiger partial charge in [0.05, 0.1) is 30.8 Å². The summed E-state index contributed by atoms with van der Waals surface area (Å²) in [6.07, 6.45) is 3.57. The van der Waals surface area contributed by atoms with Crippen LogP contribution in [0.1, 0.15) is 38.2 Å². The number of nitrogens with one attached hydrogen (secondary N) is 1. The monoisotopic (exact) mass is 553 g/mol. The molecule has 1 amide bonds. The highest BCUT2D eigenvalue weighted by Gasteiger charge is 2.34. The Bertz CT molecular complexity index is 1410. The molecule has 1 aliphatic carbocycles. The van der Waals surface area contributed by atoms with E-state index < -0.39 is 10.0 Å². The molecule has 1 aliphatic heterocycles. The maximum Gasteiger partial charge on any atom is 0.240 e. The van der Waals surface area contributed by atoms with Crippen LogP contribution in [0.2, 0.25) is 0 Å². The second kappa shape index (κ2) is 11.8. The van der Waals surface area contributed by atoms with Gasteiger partial charge in [0, 0.05) is 49.3 Å². The SMILES string of the molecule is COCCc1ccc(-c2cc3ccc(S(=O)(=O)NC4CCC(C(=O)N5CCOC[C@@H]5C)CC4)cc3n2C)cc1. The quantitative estimate of drug-likeness (QED) is 0.453. The van der Waals surface area contributed by atoms with Crippen molar-refractivity contribution >= 4 is 26.8 Å². The molecule has 0 bridgehead atoms. The molecule has 1 atom stereocenters. The minimum Gasteiger partial charge on any atom is -0.384 e. The summed E-state index contributed by atoms with van der Waals surface area (Å²) >= 11 is 0. The van der Waals surface area contributed by atoms with Crippen LogP contribution in [-0.2, 0) is 37.8 Å². The average molecular weight is 554 g/mol. The Balaban J connectivity index is 1.25. The van der Waals surface area contributed by atoms with E-state index in [0.717, 1.165) is 28.6 Å². The predicted octanol–water partition coefficient (Wildman–Crippen LogP) is 4.12. The summed E-state index contributed by atoms with van der Waals surface area (Å²) in [5.41, 5.74) is 4.19. The molecule has 39 heavy (non-hydrogen) atoms. The number of aryl methyl sites for hydroxylation is 1. The van der Waals surface area contributed by atoms with Crippen LogP contribution in [-0.4, -0.2) is 69.4 Å². The standard InChI is InChI=1S/C30H39N3O5S/c1-21-20-38-17-15-33(21)30(34)24-8-11-26(12-9-24)31-39(35,36)27-13-10-25-18-28(32(2)29(25)19-27)23-6-4-22(5-7-23)14-16-37-3/h4-7,10,13,18-19,21,24,26,31H,8-9,11-12,14-17,20H2,1-3H3/t21-,24?,26?/m0/s1. The Hall–Kier alpha value is -2.72. The Morgan fingerprint density at radius 3 is 2.51 bits per heavy atom. The number of hydrogen-bond donors (Lipinski definition) is 1. The molecule has 0 radical (unpaired) electrons. The van der Waals surface area contributed by atoms with Gasteiger partial charge in [-0.15, -0.1) is 0 Å². The molecule has 1 saturated carbocycles. The normalized spacial score (nSPS) is 22.3. The first-order valence-corrected chi connectivity index (χ1v) is 15.3. The Kier molecular flexibility index (Phi) is 8.42. The number of aromatic nitrogens is 1. The van der Waals surface area contributed by atoms with E-state index in [1.54, 1.807) is 19.2 Å². The van der Waals surface area contributed by atoms with Crippen LogP contribution in [0.5, 0.6) is 0 Å². The molecule has 2 fully saturated rings. The number of sulfonamides is 1. The van der Waals surface area contributed by atoms with Crippen LogP contribution in [0.15, 0.2) is 53.4 Å². The third-order valence-electron chi connectivity index (χ3n) is 8.22. The number of rotatable bonds is 8. The lowest BCUT2D eigenvalue weighted by Crippen LogP contribution is -2.50. The van der Waals surface area contributed by atoms with Gasteiger partial charge in [0.2, 0.25) is 15.9 Å². The molecule has 9 heteroatoms. The van der Waals surface area contributed by atoms with Crippen LogP contribution in [0.25, 0.3) is 22.2 Å². The van der Waals surface area contributed by atoms with E-state index in [4.69, 9.17) is 9.47 Å². The van der Waals surface area contributed by atoms with E-state index in [1.165, 1.54) is 5.56 Å². The first-order valence-electron chi connectivity index (χ1n) is 13.8. The Morgan fingerprint density at radius 2 is 1.82 bits per heavy atom. The molecular formula is C30H39N3O5S. The lowest BCUT2D eigenvalue weighted by molar-refractivity contribution is -0.144. The number of carbonyl (C=O) groups is 1. The number of nitrogens with zero attached hydrogens (tertiary/aromatic N) is 2. The van der Waals surface area contributed by atoms with Gasteiger partial charge in [0.25, 0.3) is 0 Å². The van der Waals surface area contributed by atoms with E-state index in [-0.39, 0.29) is 28.8 Å². The summed E-state index contributed by atoms with van der Waals surface area (Å²) < 4.78 is 42.3. The highest BCUT2D eigenvalue weighted by atomic mass is 32.2. The number of morpholine rings is 1. The van der Waals surface area contributed by atoms with Crippen molar-refractivity contribution < 1.29 is 22.7 Å². The van der Waals surface area contributed by atoms with Gasteiger partial charge in [0.15, 0.2) is 0 Å². The summed E-state index contributed by atoms with van der Waals surface area (Å²) in [5.74, 6) is 0.139. The second-order valence-electron chi connectivity index (χ2n) is 10.9. The fourth-order valence-corrected chi connectivity index (χ4v) is 7.18. The largest absolute Gasteiger partial charge is 0.384 e. The number of fused-ring (bicyclic) bond motifs is 1. The molecule has 2 heterocycles. The van der Waals surface area contributed by atoms with Gasteiger partial charge in [-0.1, -0.05) is 30.3 Å². The average Bonchev–Trinajstić information content (AvgIpc) is 3.28. The summed E-state index contributed by atoms with van der Waals surface area (Å²) in [6.45, 7) is 4.50.